The normalized spacial score (nSPS) is 17.0. The van der Waals surface area contributed by atoms with E-state index in [4.69, 9.17) is 14.2 Å². The molecule has 0 aromatic heterocycles. The molecule has 2 rings (SSSR count). The summed E-state index contributed by atoms with van der Waals surface area (Å²) in [4.78, 5) is 11.6. The van der Waals surface area contributed by atoms with Crippen molar-refractivity contribution in [1.82, 2.24) is 5.32 Å². The first-order valence-electron chi connectivity index (χ1n) is 8.12. The molecule has 2 N–H and O–H groups in total. The van der Waals surface area contributed by atoms with E-state index in [1.807, 2.05) is 24.3 Å². The standard InChI is InChI=1S/C17H26N2O4/c1-21-10-3-9-18-17(20)12-19-14-5-7-15(8-6-14)23-13-16-4-2-11-22-16/h5-8,16,19H,2-4,9-13H2,1H3,(H,18,20). The van der Waals surface area contributed by atoms with Gasteiger partial charge >= 0.3 is 0 Å². The van der Waals surface area contributed by atoms with E-state index in [2.05, 4.69) is 10.6 Å². The van der Waals surface area contributed by atoms with Gasteiger partial charge in [-0.05, 0) is 43.5 Å². The minimum absolute atomic E-state index is 0.0280. The number of nitrogens with one attached hydrogen (secondary N) is 2. The van der Waals surface area contributed by atoms with Crippen LogP contribution >= 0.6 is 0 Å². The molecule has 1 heterocycles. The van der Waals surface area contributed by atoms with Crippen LogP contribution in [-0.2, 0) is 14.3 Å². The summed E-state index contributed by atoms with van der Waals surface area (Å²) in [7, 11) is 1.65. The van der Waals surface area contributed by atoms with Gasteiger partial charge in [-0.2, -0.15) is 0 Å². The highest BCUT2D eigenvalue weighted by atomic mass is 16.5. The van der Waals surface area contributed by atoms with E-state index in [-0.39, 0.29) is 18.6 Å². The second kappa shape index (κ2) is 10.1. The topological polar surface area (TPSA) is 68.8 Å². The van der Waals surface area contributed by atoms with Crippen LogP contribution in [0.1, 0.15) is 19.3 Å². The molecule has 1 fully saturated rings. The number of hydrogen-bond donors (Lipinski definition) is 2. The predicted molar refractivity (Wildman–Crippen MR) is 88.9 cm³/mol. The van der Waals surface area contributed by atoms with Crippen molar-refractivity contribution in [3.8, 4) is 5.75 Å². The van der Waals surface area contributed by atoms with Crippen molar-refractivity contribution < 1.29 is 19.0 Å². The minimum Gasteiger partial charge on any atom is -0.491 e. The summed E-state index contributed by atoms with van der Waals surface area (Å²) in [5.41, 5.74) is 0.890. The van der Waals surface area contributed by atoms with E-state index in [9.17, 15) is 4.79 Å². The molecule has 0 radical (unpaired) electrons. The van der Waals surface area contributed by atoms with E-state index < -0.39 is 0 Å². The maximum Gasteiger partial charge on any atom is 0.239 e. The highest BCUT2D eigenvalue weighted by molar-refractivity contribution is 5.80. The molecule has 1 aromatic rings. The van der Waals surface area contributed by atoms with Crippen molar-refractivity contribution in [2.45, 2.75) is 25.4 Å². The molecule has 6 nitrogen and oxygen atoms in total. The lowest BCUT2D eigenvalue weighted by atomic mass is 10.2. The molecule has 0 saturated carbocycles. The molecule has 1 aliphatic rings. The average molecular weight is 322 g/mol. The molecule has 0 bridgehead atoms. The Kier molecular flexibility index (Phi) is 7.69. The summed E-state index contributed by atoms with van der Waals surface area (Å²) in [6.45, 7) is 2.97. The molecule has 6 heteroatoms. The predicted octanol–water partition coefficient (Wildman–Crippen LogP) is 1.81. The molecular formula is C17H26N2O4. The Bertz CT molecular complexity index is 458. The van der Waals surface area contributed by atoms with Crippen molar-refractivity contribution in [1.29, 1.82) is 0 Å². The Morgan fingerprint density at radius 1 is 1.35 bits per heavy atom. The van der Waals surface area contributed by atoms with E-state index in [1.165, 1.54) is 0 Å². The third-order valence-electron chi connectivity index (χ3n) is 3.61. The second-order valence-electron chi connectivity index (χ2n) is 5.52. The Balaban J connectivity index is 1.63. The van der Waals surface area contributed by atoms with Gasteiger partial charge in [0.25, 0.3) is 0 Å². The third-order valence-corrected chi connectivity index (χ3v) is 3.61. The molecule has 1 aliphatic heterocycles. The number of carbonyl (C=O) groups excluding carboxylic acids is 1. The summed E-state index contributed by atoms with van der Waals surface area (Å²) in [6, 6.07) is 7.60. The zero-order valence-electron chi connectivity index (χ0n) is 13.7. The highest BCUT2D eigenvalue weighted by Gasteiger charge is 2.15. The molecule has 1 saturated heterocycles. The number of anilines is 1. The van der Waals surface area contributed by atoms with Crippen LogP contribution in [0.4, 0.5) is 5.69 Å². The average Bonchev–Trinajstić information content (AvgIpc) is 3.09. The van der Waals surface area contributed by atoms with E-state index in [1.54, 1.807) is 7.11 Å². The summed E-state index contributed by atoms with van der Waals surface area (Å²) in [5.74, 6) is 0.787. The fourth-order valence-corrected chi connectivity index (χ4v) is 2.32. The molecule has 23 heavy (non-hydrogen) atoms. The van der Waals surface area contributed by atoms with Crippen molar-refractivity contribution in [3.63, 3.8) is 0 Å². The zero-order chi connectivity index (χ0) is 16.3. The van der Waals surface area contributed by atoms with Gasteiger partial charge in [-0.3, -0.25) is 4.79 Å². The third kappa shape index (κ3) is 6.88. The lowest BCUT2D eigenvalue weighted by Gasteiger charge is -2.12. The van der Waals surface area contributed by atoms with Gasteiger partial charge < -0.3 is 24.8 Å². The second-order valence-corrected chi connectivity index (χ2v) is 5.52. The van der Waals surface area contributed by atoms with Crippen LogP contribution in [-0.4, -0.2) is 52.0 Å². The van der Waals surface area contributed by atoms with Gasteiger partial charge in [0.2, 0.25) is 5.91 Å². The maximum absolute atomic E-state index is 11.6. The first kappa shape index (κ1) is 17.6. The van der Waals surface area contributed by atoms with Crippen molar-refractivity contribution in [2.24, 2.45) is 0 Å². The zero-order valence-corrected chi connectivity index (χ0v) is 13.7. The summed E-state index contributed by atoms with van der Waals surface area (Å²) in [6.07, 6.45) is 3.22. The fourth-order valence-electron chi connectivity index (χ4n) is 2.32. The van der Waals surface area contributed by atoms with Crippen LogP contribution in [0.3, 0.4) is 0 Å². The van der Waals surface area contributed by atoms with Crippen molar-refractivity contribution in [2.75, 3.05) is 45.3 Å². The van der Waals surface area contributed by atoms with Gasteiger partial charge in [0, 0.05) is 32.6 Å². The molecule has 0 aliphatic carbocycles. The van der Waals surface area contributed by atoms with E-state index in [0.717, 1.165) is 37.3 Å². The monoisotopic (exact) mass is 322 g/mol. The molecule has 1 amide bonds. The van der Waals surface area contributed by atoms with Gasteiger partial charge in [-0.1, -0.05) is 0 Å². The lowest BCUT2D eigenvalue weighted by molar-refractivity contribution is -0.119. The van der Waals surface area contributed by atoms with Gasteiger partial charge in [0.1, 0.15) is 12.4 Å². The summed E-state index contributed by atoms with van der Waals surface area (Å²) < 4.78 is 16.2. The molecule has 1 unspecified atom stereocenters. The molecule has 1 aromatic carbocycles. The Morgan fingerprint density at radius 2 is 2.17 bits per heavy atom. The van der Waals surface area contributed by atoms with Crippen LogP contribution in [0, 0.1) is 0 Å². The van der Waals surface area contributed by atoms with Crippen LogP contribution < -0.4 is 15.4 Å². The van der Waals surface area contributed by atoms with Crippen LogP contribution in [0.25, 0.3) is 0 Å². The Labute approximate surface area is 137 Å². The molecule has 1 atom stereocenters. The number of amides is 1. The van der Waals surface area contributed by atoms with Crippen molar-refractivity contribution in [3.05, 3.63) is 24.3 Å². The van der Waals surface area contributed by atoms with E-state index >= 15 is 0 Å². The number of benzene rings is 1. The van der Waals surface area contributed by atoms with Gasteiger partial charge in [0.05, 0.1) is 12.6 Å². The SMILES string of the molecule is COCCCNC(=O)CNc1ccc(OCC2CCCO2)cc1. The maximum atomic E-state index is 11.6. The van der Waals surface area contributed by atoms with Crippen LogP contribution in [0.2, 0.25) is 0 Å². The number of carbonyl (C=O) groups is 1. The minimum atomic E-state index is -0.0280. The highest BCUT2D eigenvalue weighted by Crippen LogP contribution is 2.18. The molecular weight excluding hydrogens is 296 g/mol. The number of rotatable bonds is 10. The van der Waals surface area contributed by atoms with E-state index in [0.29, 0.717) is 19.8 Å². The number of hydrogen-bond acceptors (Lipinski definition) is 5. The fraction of sp³-hybridized carbons (Fsp3) is 0.588. The first-order chi connectivity index (χ1) is 11.3. The largest absolute Gasteiger partial charge is 0.491 e. The molecule has 128 valence electrons. The number of ether oxygens (including phenoxy) is 3. The smallest absolute Gasteiger partial charge is 0.239 e. The Morgan fingerprint density at radius 3 is 2.87 bits per heavy atom. The number of methoxy groups -OCH3 is 1. The van der Waals surface area contributed by atoms with Gasteiger partial charge in [-0.15, -0.1) is 0 Å². The summed E-state index contributed by atoms with van der Waals surface area (Å²) >= 11 is 0. The van der Waals surface area contributed by atoms with Gasteiger partial charge in [0.15, 0.2) is 0 Å². The van der Waals surface area contributed by atoms with Gasteiger partial charge in [-0.25, -0.2) is 0 Å². The first-order valence-corrected chi connectivity index (χ1v) is 8.12. The van der Waals surface area contributed by atoms with Crippen molar-refractivity contribution >= 4 is 11.6 Å². The van der Waals surface area contributed by atoms with Crippen LogP contribution in [0.15, 0.2) is 24.3 Å². The Hall–Kier alpha value is -1.79. The van der Waals surface area contributed by atoms with Crippen LogP contribution in [0.5, 0.6) is 5.75 Å². The molecule has 0 spiro atoms. The summed E-state index contributed by atoms with van der Waals surface area (Å²) in [5, 5.41) is 5.92. The quantitative estimate of drug-likeness (QED) is 0.643. The lowest BCUT2D eigenvalue weighted by Crippen LogP contribution is -2.31.